The molecule has 9 nitrogen and oxygen atoms in total. The molecule has 2 aliphatic heterocycles. The zero-order chi connectivity index (χ0) is 30.4. The second-order valence-corrected chi connectivity index (χ2v) is 12.6. The Morgan fingerprint density at radius 2 is 1.81 bits per heavy atom. The van der Waals surface area contributed by atoms with E-state index in [9.17, 15) is 19.5 Å². The number of aliphatic hydroxyl groups is 1. The number of piperazine rings is 1. The summed E-state index contributed by atoms with van der Waals surface area (Å²) in [5.41, 5.74) is -2.53. The van der Waals surface area contributed by atoms with Crippen molar-refractivity contribution in [3.8, 4) is 0 Å². The molecule has 2 aliphatic rings. The molecule has 42 heavy (non-hydrogen) atoms. The number of ether oxygens (including phenoxy) is 1. The maximum absolute atomic E-state index is 14.5. The smallest absolute Gasteiger partial charge is 0.419 e. The maximum Gasteiger partial charge on any atom is 0.419 e. The second-order valence-electron chi connectivity index (χ2n) is 12.2. The Morgan fingerprint density at radius 1 is 1.10 bits per heavy atom. The molecule has 1 N–H and O–H groups in total. The summed E-state index contributed by atoms with van der Waals surface area (Å²) in [4.78, 5) is 49.9. The summed E-state index contributed by atoms with van der Waals surface area (Å²) in [5, 5.41) is 14.0. The Labute approximate surface area is 250 Å². The average molecular weight is 594 g/mol. The number of hydrogen-bond donors (Lipinski definition) is 1. The van der Waals surface area contributed by atoms with E-state index >= 15 is 0 Å². The molecular weight excluding hydrogens is 558 g/mol. The van der Waals surface area contributed by atoms with Crippen LogP contribution in [0.2, 0.25) is 5.02 Å². The van der Waals surface area contributed by atoms with Crippen molar-refractivity contribution in [1.82, 2.24) is 14.5 Å². The SMILES string of the molecule is CC(C)=CC[C@@]12CCCN1C(=O)[C@](O)(c1cn(C(=O)OC(C)(C)C)c3cc(Cl)ccc13)N(OCc1ccccc1)C2=O. The number of fused-ring (bicyclic) bond motifs is 2. The molecule has 2 amide bonds. The number of amides is 2. The summed E-state index contributed by atoms with van der Waals surface area (Å²) in [5.74, 6) is -1.23. The van der Waals surface area contributed by atoms with Crippen molar-refractivity contribution in [3.05, 3.63) is 82.5 Å². The molecule has 0 saturated carbocycles. The minimum Gasteiger partial charge on any atom is -0.443 e. The van der Waals surface area contributed by atoms with Gasteiger partial charge in [0.1, 0.15) is 17.7 Å². The first kappa shape index (κ1) is 29.8. The van der Waals surface area contributed by atoms with Crippen LogP contribution in [0.5, 0.6) is 0 Å². The van der Waals surface area contributed by atoms with Crippen LogP contribution in [0.1, 0.15) is 65.0 Å². The van der Waals surface area contributed by atoms with Crippen molar-refractivity contribution >= 4 is 40.4 Å². The van der Waals surface area contributed by atoms with Crippen LogP contribution in [0.25, 0.3) is 10.9 Å². The van der Waals surface area contributed by atoms with Gasteiger partial charge in [0, 0.05) is 28.7 Å². The number of aromatic nitrogens is 1. The molecule has 2 fully saturated rings. The van der Waals surface area contributed by atoms with E-state index in [-0.39, 0.29) is 18.6 Å². The van der Waals surface area contributed by atoms with Crippen molar-refractivity contribution in [1.29, 1.82) is 0 Å². The third-order valence-corrected chi connectivity index (χ3v) is 7.93. The average Bonchev–Trinajstić information content (AvgIpc) is 3.53. The third kappa shape index (κ3) is 5.10. The number of hydrogen-bond acceptors (Lipinski definition) is 6. The quantitative estimate of drug-likeness (QED) is 0.356. The monoisotopic (exact) mass is 593 g/mol. The van der Waals surface area contributed by atoms with Crippen LogP contribution < -0.4 is 0 Å². The van der Waals surface area contributed by atoms with Gasteiger partial charge in [-0.1, -0.05) is 59.6 Å². The highest BCUT2D eigenvalue weighted by atomic mass is 35.5. The van der Waals surface area contributed by atoms with Crippen LogP contribution in [0.15, 0.2) is 66.4 Å². The highest BCUT2D eigenvalue weighted by Gasteiger charge is 2.66. The van der Waals surface area contributed by atoms with Gasteiger partial charge in [0.15, 0.2) is 0 Å². The lowest BCUT2D eigenvalue weighted by atomic mass is 9.84. The van der Waals surface area contributed by atoms with E-state index in [0.717, 1.165) is 16.2 Å². The lowest BCUT2D eigenvalue weighted by Gasteiger charge is -2.51. The van der Waals surface area contributed by atoms with E-state index in [1.807, 2.05) is 50.3 Å². The highest BCUT2D eigenvalue weighted by Crippen LogP contribution is 2.47. The molecule has 2 saturated heterocycles. The number of allylic oxidation sites excluding steroid dienone is 1. The Kier molecular flexibility index (Phi) is 7.72. The summed E-state index contributed by atoms with van der Waals surface area (Å²) >= 11 is 6.31. The van der Waals surface area contributed by atoms with Gasteiger partial charge in [-0.15, -0.1) is 0 Å². The fraction of sp³-hybridized carbons (Fsp3) is 0.406. The van der Waals surface area contributed by atoms with Crippen LogP contribution in [0.4, 0.5) is 4.79 Å². The molecule has 5 rings (SSSR count). The van der Waals surface area contributed by atoms with Gasteiger partial charge in [-0.25, -0.2) is 4.79 Å². The minimum atomic E-state index is -2.58. The number of rotatable bonds is 6. The van der Waals surface area contributed by atoms with Gasteiger partial charge in [-0.2, -0.15) is 5.06 Å². The largest absolute Gasteiger partial charge is 0.443 e. The zero-order valence-corrected chi connectivity index (χ0v) is 25.3. The summed E-state index contributed by atoms with van der Waals surface area (Å²) in [7, 11) is 0. The maximum atomic E-state index is 14.5. The summed E-state index contributed by atoms with van der Waals surface area (Å²) in [6.45, 7) is 9.30. The Bertz CT molecular complexity index is 1570. The van der Waals surface area contributed by atoms with Crippen molar-refractivity contribution < 1.29 is 29.1 Å². The number of nitrogens with zero attached hydrogens (tertiary/aromatic N) is 3. The second kappa shape index (κ2) is 10.9. The molecule has 2 atom stereocenters. The fourth-order valence-corrected chi connectivity index (χ4v) is 5.88. The van der Waals surface area contributed by atoms with E-state index in [4.69, 9.17) is 21.2 Å². The number of hydroxylamine groups is 2. The lowest BCUT2D eigenvalue weighted by molar-refractivity contribution is -0.300. The minimum absolute atomic E-state index is 0.00847. The number of benzene rings is 2. The molecule has 10 heteroatoms. The first-order valence-corrected chi connectivity index (χ1v) is 14.4. The molecule has 0 bridgehead atoms. The third-order valence-electron chi connectivity index (χ3n) is 7.69. The highest BCUT2D eigenvalue weighted by molar-refractivity contribution is 6.31. The standard InChI is InChI=1S/C32H36ClN3O6/c1-21(2)14-16-31-15-9-17-35(31)28(38)32(40,36(27(31)37)41-20-22-10-7-6-8-11-22)25-19-34(29(39)42-30(3,4)5)26-18-23(33)12-13-24(25)26/h6-8,10-14,18-19,40H,9,15-17,20H2,1-5H3/t31-,32-/m1/s1. The topological polar surface area (TPSA) is 101 Å². The number of halogens is 1. The van der Waals surface area contributed by atoms with E-state index in [1.54, 1.807) is 39.0 Å². The molecule has 0 radical (unpaired) electrons. The van der Waals surface area contributed by atoms with Crippen molar-refractivity contribution in [2.45, 2.75) is 77.4 Å². The summed E-state index contributed by atoms with van der Waals surface area (Å²) in [6.07, 6.45) is 3.84. The predicted molar refractivity (Wildman–Crippen MR) is 158 cm³/mol. The Balaban J connectivity index is 1.70. The molecule has 0 spiro atoms. The predicted octanol–water partition coefficient (Wildman–Crippen LogP) is 5.91. The van der Waals surface area contributed by atoms with Crippen LogP contribution in [-0.2, 0) is 31.5 Å². The first-order valence-electron chi connectivity index (χ1n) is 14.0. The molecule has 222 valence electrons. The molecule has 2 aromatic carbocycles. The van der Waals surface area contributed by atoms with Crippen molar-refractivity contribution in [2.24, 2.45) is 0 Å². The molecule has 3 aromatic rings. The van der Waals surface area contributed by atoms with Crippen LogP contribution in [0.3, 0.4) is 0 Å². The normalized spacial score (nSPS) is 22.5. The number of carbonyl (C=O) groups excluding carboxylic acids is 3. The van der Waals surface area contributed by atoms with Crippen molar-refractivity contribution in [3.63, 3.8) is 0 Å². The van der Waals surface area contributed by atoms with Crippen LogP contribution in [-0.4, -0.2) is 55.2 Å². The van der Waals surface area contributed by atoms with Gasteiger partial charge in [0.05, 0.1) is 5.52 Å². The molecule has 1 aromatic heterocycles. The van der Waals surface area contributed by atoms with Gasteiger partial charge in [0.2, 0.25) is 0 Å². The summed E-state index contributed by atoms with van der Waals surface area (Å²) < 4.78 is 6.81. The van der Waals surface area contributed by atoms with E-state index in [0.29, 0.717) is 35.3 Å². The van der Waals surface area contributed by atoms with E-state index in [1.165, 1.54) is 15.7 Å². The van der Waals surface area contributed by atoms with Gasteiger partial charge >= 0.3 is 6.09 Å². The molecule has 0 unspecified atom stereocenters. The van der Waals surface area contributed by atoms with Crippen molar-refractivity contribution in [2.75, 3.05) is 6.54 Å². The van der Waals surface area contributed by atoms with Gasteiger partial charge < -0.3 is 14.7 Å². The Morgan fingerprint density at radius 3 is 2.48 bits per heavy atom. The van der Waals surface area contributed by atoms with Crippen LogP contribution >= 0.6 is 11.6 Å². The molecular formula is C32H36ClN3O6. The lowest BCUT2D eigenvalue weighted by Crippen LogP contribution is -2.73. The summed E-state index contributed by atoms with van der Waals surface area (Å²) in [6, 6.07) is 13.9. The zero-order valence-electron chi connectivity index (χ0n) is 24.5. The fourth-order valence-electron chi connectivity index (χ4n) is 5.71. The first-order chi connectivity index (χ1) is 19.8. The van der Waals surface area contributed by atoms with Crippen LogP contribution in [0, 0.1) is 0 Å². The van der Waals surface area contributed by atoms with Gasteiger partial charge in [-0.05, 0) is 71.6 Å². The van der Waals surface area contributed by atoms with E-state index < -0.39 is 34.8 Å². The number of carbonyl (C=O) groups is 3. The van der Waals surface area contributed by atoms with E-state index in [2.05, 4.69) is 0 Å². The Hall–Kier alpha value is -3.66. The van der Waals surface area contributed by atoms with Gasteiger partial charge in [-0.3, -0.25) is 19.0 Å². The molecule has 3 heterocycles. The van der Waals surface area contributed by atoms with Gasteiger partial charge in [0.25, 0.3) is 17.5 Å². The molecule has 0 aliphatic carbocycles.